The van der Waals surface area contributed by atoms with Gasteiger partial charge in [-0.3, -0.25) is 4.79 Å². The molecule has 2 saturated heterocycles. The molecule has 6 nitrogen and oxygen atoms in total. The van der Waals surface area contributed by atoms with Crippen LogP contribution in [0.5, 0.6) is 0 Å². The molecule has 7 atom stereocenters. The van der Waals surface area contributed by atoms with Gasteiger partial charge in [0, 0.05) is 33.1 Å². The van der Waals surface area contributed by atoms with Crippen LogP contribution < -0.4 is 5.32 Å². The van der Waals surface area contributed by atoms with Crippen molar-refractivity contribution in [2.24, 2.45) is 5.92 Å². The largest absolute Gasteiger partial charge is 0.382 e. The van der Waals surface area contributed by atoms with Gasteiger partial charge >= 0.3 is 0 Å². The second kappa shape index (κ2) is 8.08. The zero-order chi connectivity index (χ0) is 17.0. The van der Waals surface area contributed by atoms with Crippen molar-refractivity contribution in [3.63, 3.8) is 0 Å². The highest BCUT2D eigenvalue weighted by molar-refractivity contribution is 5.76. The van der Waals surface area contributed by atoms with Crippen molar-refractivity contribution >= 4 is 5.91 Å². The van der Waals surface area contributed by atoms with Crippen LogP contribution in [-0.4, -0.2) is 64.3 Å². The van der Waals surface area contributed by atoms with Gasteiger partial charge in [-0.05, 0) is 12.8 Å². The molecule has 122 valence electrons. The number of carbonyl (C=O) groups is 1. The molecule has 1 N–H and O–H groups in total. The summed E-state index contributed by atoms with van der Waals surface area (Å²) in [6.07, 6.45) is 0.602. The number of hydrogen-bond acceptors (Lipinski definition) is 5. The van der Waals surface area contributed by atoms with Crippen molar-refractivity contribution in [1.29, 1.82) is 0 Å². The second-order valence-corrected chi connectivity index (χ2v) is 5.61. The van der Waals surface area contributed by atoms with Gasteiger partial charge in [0.25, 0.3) is 0 Å². The fourth-order valence-corrected chi connectivity index (χ4v) is 2.87. The molecule has 1 amide bonds. The Morgan fingerprint density at radius 1 is 1.38 bits per heavy atom. The molecule has 0 aromatic carbocycles. The molecular formula is C15H27NO5. The maximum absolute atomic E-state index is 12.2. The van der Waals surface area contributed by atoms with E-state index in [9.17, 15) is 4.79 Å². The minimum Gasteiger partial charge on any atom is -0.382 e. The molecule has 0 spiro atoms. The lowest BCUT2D eigenvalue weighted by Gasteiger charge is -2.21. The van der Waals surface area contributed by atoms with Crippen LogP contribution in [0.4, 0.5) is 0 Å². The molecule has 2 rings (SSSR count). The molecule has 0 aromatic rings. The molecule has 21 heavy (non-hydrogen) atoms. The monoisotopic (exact) mass is 305 g/mol. The molecule has 0 aromatic heterocycles. The number of carbonyl (C=O) groups excluding carboxylic acids is 1. The average molecular weight is 305 g/mol. The normalized spacial score (nSPS) is 44.4. The predicted molar refractivity (Wildman–Crippen MR) is 77.1 cm³/mol. The molecular weight excluding hydrogens is 274 g/mol. The number of nitrogens with one attached hydrogen (secondary N) is 1. The van der Waals surface area contributed by atoms with Gasteiger partial charge in [-0.1, -0.05) is 6.92 Å². The zero-order valence-corrected chi connectivity index (χ0v) is 12.9. The first-order valence-corrected chi connectivity index (χ1v) is 7.42. The van der Waals surface area contributed by atoms with Gasteiger partial charge in [-0.25, -0.2) is 0 Å². The quantitative estimate of drug-likeness (QED) is 0.751. The number of amides is 1. The lowest BCUT2D eigenvalue weighted by molar-refractivity contribution is -0.123. The van der Waals surface area contributed by atoms with Gasteiger partial charge in [0.1, 0.15) is 6.10 Å². The summed E-state index contributed by atoms with van der Waals surface area (Å²) in [6.45, 7) is 1.05. The topological polar surface area (TPSA) is 66.0 Å². The van der Waals surface area contributed by atoms with Crippen LogP contribution in [0.3, 0.4) is 0 Å². The molecule has 6 heteroatoms. The van der Waals surface area contributed by atoms with E-state index in [1.807, 2.05) is 6.92 Å². The second-order valence-electron chi connectivity index (χ2n) is 5.61. The van der Waals surface area contributed by atoms with Gasteiger partial charge in [0.05, 0.1) is 34.2 Å². The maximum atomic E-state index is 12.2. The van der Waals surface area contributed by atoms with Crippen molar-refractivity contribution in [3.8, 4) is 0 Å². The molecule has 2 unspecified atom stereocenters. The third-order valence-electron chi connectivity index (χ3n) is 4.03. The molecule has 2 aliphatic heterocycles. The summed E-state index contributed by atoms with van der Waals surface area (Å²) < 4.78 is 36.9. The molecule has 2 fully saturated rings. The van der Waals surface area contributed by atoms with Gasteiger partial charge < -0.3 is 24.3 Å². The van der Waals surface area contributed by atoms with Crippen LogP contribution in [0.1, 0.15) is 28.9 Å². The Hall–Kier alpha value is -0.690. The molecule has 0 aliphatic carbocycles. The minimum atomic E-state index is -0.624. The standard InChI is InChI=1S/C15H27NO5/c1-10-8-21-12(15(10)19-3)4-5-14(17)16-11-6-7-20-13(11)9-18-2/h10-13,15H,4-9H2,1-3H3,(H,16,17)/t10-,11?,12-,13-,15?/m1/s1/i7T,8T/t7-,8-,10+,11?,12+,13+,15?/m0. The SMILES string of the molecule is [3H][C@@H]1O[C@H](CCC(=O)NC2C[C@H]([3H])O[C@@H]2COC)C(OC)[C@@H]1C. The van der Waals surface area contributed by atoms with E-state index in [1.165, 1.54) is 0 Å². The molecule has 0 saturated carbocycles. The average Bonchev–Trinajstić information content (AvgIpc) is 2.97. The Morgan fingerprint density at radius 2 is 2.19 bits per heavy atom. The summed E-state index contributed by atoms with van der Waals surface area (Å²) in [4.78, 5) is 12.2. The van der Waals surface area contributed by atoms with Crippen molar-refractivity contribution in [3.05, 3.63) is 0 Å². The van der Waals surface area contributed by atoms with Gasteiger partial charge in [-0.2, -0.15) is 0 Å². The van der Waals surface area contributed by atoms with E-state index < -0.39 is 13.2 Å². The van der Waals surface area contributed by atoms with E-state index in [4.69, 9.17) is 21.7 Å². The van der Waals surface area contributed by atoms with E-state index in [1.54, 1.807) is 14.2 Å². The Kier molecular flexibility index (Phi) is 5.36. The highest BCUT2D eigenvalue weighted by Gasteiger charge is 2.35. The predicted octanol–water partition coefficient (Wildman–Crippen LogP) is 0.737. The fourth-order valence-electron chi connectivity index (χ4n) is 2.87. The minimum absolute atomic E-state index is 0.00792. The molecule has 0 bridgehead atoms. The van der Waals surface area contributed by atoms with Crippen molar-refractivity contribution in [2.75, 3.05) is 34.0 Å². The van der Waals surface area contributed by atoms with Crippen LogP contribution in [0.25, 0.3) is 0 Å². The van der Waals surface area contributed by atoms with E-state index in [-0.39, 0.29) is 36.2 Å². The first kappa shape index (κ1) is 13.9. The van der Waals surface area contributed by atoms with Gasteiger partial charge in [0.15, 0.2) is 0 Å². The Labute approximate surface area is 129 Å². The summed E-state index contributed by atoms with van der Waals surface area (Å²) in [7, 11) is 3.18. The summed E-state index contributed by atoms with van der Waals surface area (Å²) in [5.41, 5.74) is 0. The third-order valence-corrected chi connectivity index (χ3v) is 4.03. The van der Waals surface area contributed by atoms with Crippen LogP contribution >= 0.6 is 0 Å². The van der Waals surface area contributed by atoms with Crippen molar-refractivity contribution in [2.45, 2.75) is 50.5 Å². The third kappa shape index (κ3) is 4.39. The summed E-state index contributed by atoms with van der Waals surface area (Å²) in [6, 6.07) is -0.199. The van der Waals surface area contributed by atoms with Crippen LogP contribution in [0, 0.1) is 5.92 Å². The van der Waals surface area contributed by atoms with Gasteiger partial charge in [-0.15, -0.1) is 0 Å². The fraction of sp³-hybridized carbons (Fsp3) is 0.933. The summed E-state index contributed by atoms with van der Waals surface area (Å²) in [5, 5.41) is 2.92. The van der Waals surface area contributed by atoms with E-state index in [0.29, 0.717) is 25.9 Å². The number of methoxy groups -OCH3 is 2. The van der Waals surface area contributed by atoms with Crippen LogP contribution in [0.2, 0.25) is 0 Å². The first-order chi connectivity index (χ1) is 11.0. The highest BCUT2D eigenvalue weighted by atomic mass is 16.6. The van der Waals surface area contributed by atoms with Gasteiger partial charge in [0.2, 0.25) is 5.91 Å². The highest BCUT2D eigenvalue weighted by Crippen LogP contribution is 2.25. The van der Waals surface area contributed by atoms with E-state index in [0.717, 1.165) is 0 Å². The Bertz CT molecular complexity index is 400. The van der Waals surface area contributed by atoms with Crippen molar-refractivity contribution in [1.82, 2.24) is 5.32 Å². The zero-order valence-electron chi connectivity index (χ0n) is 14.9. The van der Waals surface area contributed by atoms with Crippen molar-refractivity contribution < 1.29 is 26.5 Å². The Morgan fingerprint density at radius 3 is 2.90 bits per heavy atom. The first-order valence-electron chi connectivity index (χ1n) is 8.58. The maximum Gasteiger partial charge on any atom is 0.220 e. The molecule has 2 heterocycles. The molecule has 0 radical (unpaired) electrons. The number of hydrogen-bond donors (Lipinski definition) is 1. The molecule has 2 aliphatic rings. The van der Waals surface area contributed by atoms with E-state index >= 15 is 0 Å². The van der Waals surface area contributed by atoms with Crippen LogP contribution in [-0.2, 0) is 23.7 Å². The number of rotatable bonds is 7. The lowest BCUT2D eigenvalue weighted by Crippen LogP contribution is -2.42. The number of ether oxygens (including phenoxy) is 4. The summed E-state index contributed by atoms with van der Waals surface area (Å²) >= 11 is 0. The van der Waals surface area contributed by atoms with E-state index in [2.05, 4.69) is 5.32 Å². The summed E-state index contributed by atoms with van der Waals surface area (Å²) in [5.74, 6) is -0.111. The van der Waals surface area contributed by atoms with Crippen LogP contribution in [0.15, 0.2) is 0 Å². The smallest absolute Gasteiger partial charge is 0.220 e. The Balaban J connectivity index is 1.79. The lowest BCUT2D eigenvalue weighted by atomic mass is 10.0.